The van der Waals surface area contributed by atoms with Gasteiger partial charge in [0, 0.05) is 43.7 Å². The third-order valence-corrected chi connectivity index (χ3v) is 20.3. The standard InChI is InChI=1S/C74H55BN2S/c1-42(2)46-28-32-48(33-29-46)76-65-41-63-56(54-21-11-14-24-59(54)73(63)57-22-12-7-17-50(57)51-18-8-13-23-58(51)73)40-64(65)75-69-66(76)38-45(6)39-67(69)77(49-34-30-47(31-35-49)43(3)4)70-68-55-36-27-44(5)37-62(55)74(71(68)78-72(70)75)60-25-15-9-19-52(60)53-20-10-16-26-61(53)74/h7-43H,1-6H3. The average Bonchev–Trinajstić information content (AvgIpc) is 2.02. The van der Waals surface area contributed by atoms with E-state index in [1.807, 2.05) is 0 Å². The minimum atomic E-state index is -0.488. The topological polar surface area (TPSA) is 6.48 Å². The van der Waals surface area contributed by atoms with Crippen LogP contribution in [0.15, 0.2) is 212 Å². The maximum absolute atomic E-state index is 2.70. The number of thiophene rings is 1. The molecule has 0 unspecified atom stereocenters. The first kappa shape index (κ1) is 44.7. The zero-order chi connectivity index (χ0) is 52.1. The number of benzene rings is 10. The zero-order valence-electron chi connectivity index (χ0n) is 44.7. The van der Waals surface area contributed by atoms with Gasteiger partial charge in [0.25, 0.3) is 6.71 Å². The lowest BCUT2D eigenvalue weighted by atomic mass is 9.36. The lowest BCUT2D eigenvalue weighted by Gasteiger charge is -2.44. The van der Waals surface area contributed by atoms with E-state index in [1.54, 1.807) is 0 Å². The van der Waals surface area contributed by atoms with Crippen molar-refractivity contribution in [3.05, 3.63) is 278 Å². The number of aryl methyl sites for hydroxylation is 2. The summed E-state index contributed by atoms with van der Waals surface area (Å²) in [5.74, 6) is 0.832. The second-order valence-corrected chi connectivity index (χ2v) is 24.6. The molecule has 0 atom stereocenters. The molecule has 3 heterocycles. The Morgan fingerprint density at radius 2 is 0.833 bits per heavy atom. The molecule has 0 radical (unpaired) electrons. The van der Waals surface area contributed by atoms with Crippen LogP contribution in [-0.2, 0) is 10.8 Å². The number of rotatable bonds is 4. The maximum atomic E-state index is 2.70. The Morgan fingerprint density at radius 3 is 1.35 bits per heavy atom. The fraction of sp³-hybridized carbons (Fsp3) is 0.135. The van der Waals surface area contributed by atoms with Crippen LogP contribution < -0.4 is 25.5 Å². The van der Waals surface area contributed by atoms with Crippen LogP contribution >= 0.6 is 11.3 Å². The van der Waals surface area contributed by atoms with Gasteiger partial charge >= 0.3 is 0 Å². The molecule has 2 nitrogen and oxygen atoms in total. The van der Waals surface area contributed by atoms with Crippen LogP contribution in [0.5, 0.6) is 0 Å². The van der Waals surface area contributed by atoms with Crippen molar-refractivity contribution in [2.75, 3.05) is 9.80 Å². The van der Waals surface area contributed by atoms with Crippen LogP contribution in [0.3, 0.4) is 0 Å². The Balaban J connectivity index is 1.03. The van der Waals surface area contributed by atoms with Gasteiger partial charge in [0.05, 0.1) is 16.5 Å². The molecule has 0 fully saturated rings. The number of fused-ring (bicyclic) bond motifs is 25. The predicted molar refractivity (Wildman–Crippen MR) is 329 cm³/mol. The molecule has 1 aromatic heterocycles. The third-order valence-electron chi connectivity index (χ3n) is 18.9. The number of anilines is 6. The maximum Gasteiger partial charge on any atom is 0.264 e. The highest BCUT2D eigenvalue weighted by Crippen LogP contribution is 2.68. The summed E-state index contributed by atoms with van der Waals surface area (Å²) in [6.45, 7) is 13.7. The molecule has 0 amide bonds. The highest BCUT2D eigenvalue weighted by Gasteiger charge is 2.58. The van der Waals surface area contributed by atoms with Gasteiger partial charge in [0.2, 0.25) is 0 Å². The van der Waals surface area contributed by atoms with Crippen LogP contribution in [0.25, 0.3) is 44.5 Å². The molecular formula is C74H55BN2S. The van der Waals surface area contributed by atoms with Crippen molar-refractivity contribution in [1.29, 1.82) is 0 Å². The van der Waals surface area contributed by atoms with Gasteiger partial charge in [-0.15, -0.1) is 11.3 Å². The minimum Gasteiger partial charge on any atom is -0.311 e. The number of hydrogen-bond acceptors (Lipinski definition) is 3. The van der Waals surface area contributed by atoms with Crippen molar-refractivity contribution in [2.24, 2.45) is 0 Å². The van der Waals surface area contributed by atoms with Crippen molar-refractivity contribution in [2.45, 2.75) is 64.2 Å². The molecule has 2 spiro atoms. The van der Waals surface area contributed by atoms with E-state index in [2.05, 4.69) is 275 Å². The van der Waals surface area contributed by atoms with E-state index in [0.717, 1.165) is 0 Å². The summed E-state index contributed by atoms with van der Waals surface area (Å²) >= 11 is 2.08. The summed E-state index contributed by atoms with van der Waals surface area (Å²) in [5.41, 5.74) is 34.7. The zero-order valence-corrected chi connectivity index (χ0v) is 45.6. The van der Waals surface area contributed by atoms with Crippen molar-refractivity contribution in [3.8, 4) is 44.5 Å². The number of hydrogen-bond donors (Lipinski definition) is 0. The van der Waals surface area contributed by atoms with E-state index >= 15 is 0 Å². The first-order valence-corrected chi connectivity index (χ1v) is 28.9. The van der Waals surface area contributed by atoms with Gasteiger partial charge in [-0.1, -0.05) is 203 Å². The fourth-order valence-corrected chi connectivity index (χ4v) is 17.3. The molecule has 0 N–H and O–H groups in total. The lowest BCUT2D eigenvalue weighted by molar-refractivity contribution is 0.794. The van der Waals surface area contributed by atoms with Gasteiger partial charge in [-0.2, -0.15) is 0 Å². The minimum absolute atomic E-state index is 0.0661. The highest BCUT2D eigenvalue weighted by molar-refractivity contribution is 7.30. The van der Waals surface area contributed by atoms with Crippen LogP contribution in [-0.4, -0.2) is 6.71 Å². The van der Waals surface area contributed by atoms with Crippen LogP contribution in [0.4, 0.5) is 34.1 Å². The summed E-state index contributed by atoms with van der Waals surface area (Å²) in [4.78, 5) is 6.78. The fourth-order valence-electron chi connectivity index (χ4n) is 15.7. The molecule has 0 bridgehead atoms. The molecule has 78 heavy (non-hydrogen) atoms. The second kappa shape index (κ2) is 15.6. The molecule has 0 saturated heterocycles. The second-order valence-electron chi connectivity index (χ2n) is 23.6. The SMILES string of the molecule is Cc1cc2c3c(c1)N(c1ccc(C(C)C)cc1)c1c(sc4c1-c1ccc(C)cc1C41c4ccccc4-c4ccccc41)B3c1cc3c(cc1N2c1ccc(C(C)C)cc1)C1(c2ccccc2-c2ccccc21)c1ccccc1-3. The molecule has 2 aliphatic heterocycles. The molecule has 10 aromatic carbocycles. The molecular weight excluding hydrogens is 960 g/mol. The van der Waals surface area contributed by atoms with Crippen LogP contribution in [0, 0.1) is 13.8 Å². The Labute approximate surface area is 462 Å². The Kier molecular flexibility index (Phi) is 8.94. The molecule has 4 aliphatic carbocycles. The highest BCUT2D eigenvalue weighted by atomic mass is 32.1. The summed E-state index contributed by atoms with van der Waals surface area (Å²) in [7, 11) is 0. The first-order chi connectivity index (χ1) is 38.2. The quantitative estimate of drug-likeness (QED) is 0.162. The van der Waals surface area contributed by atoms with E-state index in [0.29, 0.717) is 11.8 Å². The lowest BCUT2D eigenvalue weighted by Crippen LogP contribution is -2.60. The smallest absolute Gasteiger partial charge is 0.264 e. The van der Waals surface area contributed by atoms with Crippen molar-refractivity contribution in [3.63, 3.8) is 0 Å². The third kappa shape index (κ3) is 5.39. The van der Waals surface area contributed by atoms with Gasteiger partial charge in [0.15, 0.2) is 0 Å². The van der Waals surface area contributed by atoms with Gasteiger partial charge < -0.3 is 9.80 Å². The average molecular weight is 1020 g/mol. The van der Waals surface area contributed by atoms with E-state index < -0.39 is 10.8 Å². The van der Waals surface area contributed by atoms with E-state index in [9.17, 15) is 0 Å². The van der Waals surface area contributed by atoms with Gasteiger partial charge in [-0.3, -0.25) is 0 Å². The van der Waals surface area contributed by atoms with E-state index in [1.165, 1.54) is 160 Å². The van der Waals surface area contributed by atoms with E-state index in [-0.39, 0.29) is 6.71 Å². The Bertz CT molecular complexity index is 4350. The summed E-state index contributed by atoms with van der Waals surface area (Å²) < 4.78 is 1.41. The molecule has 11 aromatic rings. The first-order valence-electron chi connectivity index (χ1n) is 28.1. The summed E-state index contributed by atoms with van der Waals surface area (Å²) in [6, 6.07) is 83.1. The summed E-state index contributed by atoms with van der Waals surface area (Å²) in [6.07, 6.45) is 0. The normalized spacial score (nSPS) is 15.2. The van der Waals surface area contributed by atoms with Crippen molar-refractivity contribution in [1.82, 2.24) is 0 Å². The van der Waals surface area contributed by atoms with Gasteiger partial charge in [-0.25, -0.2) is 0 Å². The predicted octanol–water partition coefficient (Wildman–Crippen LogP) is 17.4. The molecule has 370 valence electrons. The molecule has 0 saturated carbocycles. The molecule has 4 heteroatoms. The monoisotopic (exact) mass is 1010 g/mol. The number of nitrogens with zero attached hydrogens (tertiary/aromatic N) is 2. The van der Waals surface area contributed by atoms with E-state index in [4.69, 9.17) is 0 Å². The Morgan fingerprint density at radius 1 is 0.385 bits per heavy atom. The van der Waals surface area contributed by atoms with Gasteiger partial charge in [-0.05, 0) is 174 Å². The van der Waals surface area contributed by atoms with Crippen LogP contribution in [0.1, 0.15) is 106 Å². The van der Waals surface area contributed by atoms with Crippen LogP contribution in [0.2, 0.25) is 0 Å². The van der Waals surface area contributed by atoms with Gasteiger partial charge in [0.1, 0.15) is 0 Å². The largest absolute Gasteiger partial charge is 0.311 e. The Hall–Kier alpha value is -8.44. The van der Waals surface area contributed by atoms with Crippen molar-refractivity contribution < 1.29 is 0 Å². The molecule has 17 rings (SSSR count). The molecule has 6 aliphatic rings. The van der Waals surface area contributed by atoms with Crippen molar-refractivity contribution >= 4 is 67.9 Å². The summed E-state index contributed by atoms with van der Waals surface area (Å²) in [5, 5.41) is 0.